The van der Waals surface area contributed by atoms with Crippen molar-refractivity contribution in [2.75, 3.05) is 0 Å². The molecular weight excluding hydrogens is 410 g/mol. The lowest BCUT2D eigenvalue weighted by atomic mass is 10.3. The lowest BCUT2D eigenvalue weighted by Crippen LogP contribution is -1.84. The Balaban J connectivity index is 0.000000531. The summed E-state index contributed by atoms with van der Waals surface area (Å²) in [4.78, 5) is 4.28. The Kier molecular flexibility index (Phi) is 5.73. The van der Waals surface area contributed by atoms with Gasteiger partial charge in [-0.25, -0.2) is 4.98 Å². The summed E-state index contributed by atoms with van der Waals surface area (Å²) in [6.45, 7) is 4.00. The predicted octanol–water partition coefficient (Wildman–Crippen LogP) is 5.32. The molecule has 0 atom stereocenters. The van der Waals surface area contributed by atoms with Crippen LogP contribution >= 0.6 is 57.9 Å². The zero-order valence-electron chi connectivity index (χ0n) is 8.17. The highest BCUT2D eigenvalue weighted by molar-refractivity contribution is 14.2. The second-order valence-corrected chi connectivity index (χ2v) is 5.31. The van der Waals surface area contributed by atoms with Crippen molar-refractivity contribution in [2.24, 2.45) is 0 Å². The molecule has 0 radical (unpaired) electrons. The van der Waals surface area contributed by atoms with E-state index in [1.807, 2.05) is 30.1 Å². The highest BCUT2D eigenvalue weighted by atomic mass is 127. The molecule has 0 saturated carbocycles. The first-order chi connectivity index (χ1) is 7.24. The van der Waals surface area contributed by atoms with Crippen molar-refractivity contribution in [1.29, 1.82) is 0 Å². The van der Waals surface area contributed by atoms with Crippen molar-refractivity contribution in [1.82, 2.24) is 8.96 Å². The van der Waals surface area contributed by atoms with Crippen LogP contribution in [0.5, 0.6) is 0 Å². The van der Waals surface area contributed by atoms with Crippen molar-refractivity contribution >= 4 is 68.9 Å². The number of pyridine rings is 1. The van der Waals surface area contributed by atoms with Gasteiger partial charge in [-0.05, 0) is 22.0 Å². The molecule has 6 heteroatoms. The van der Waals surface area contributed by atoms with E-state index in [2.05, 4.69) is 42.1 Å². The van der Waals surface area contributed by atoms with Gasteiger partial charge < -0.3 is 0 Å². The van der Waals surface area contributed by atoms with Crippen LogP contribution in [0.2, 0.25) is 5.02 Å². The Morgan fingerprint density at radius 2 is 2.20 bits per heavy atom. The molecule has 0 fully saturated rings. The largest absolute Gasteiger partial charge is 0.266 e. The van der Waals surface area contributed by atoms with E-state index in [0.29, 0.717) is 5.02 Å². The number of rotatable bonds is 1. The molecular formula is C9H9BrClIN2S. The summed E-state index contributed by atoms with van der Waals surface area (Å²) in [5, 5.41) is 1.69. The smallest absolute Gasteiger partial charge is 0.152 e. The van der Waals surface area contributed by atoms with Gasteiger partial charge in [0.25, 0.3) is 0 Å². The first kappa shape index (κ1) is 13.6. The Morgan fingerprint density at radius 1 is 1.53 bits per heavy atom. The van der Waals surface area contributed by atoms with E-state index in [0.717, 1.165) is 15.5 Å². The van der Waals surface area contributed by atoms with E-state index in [9.17, 15) is 0 Å². The molecule has 0 aliphatic carbocycles. The summed E-state index contributed by atoms with van der Waals surface area (Å²) in [6, 6.07) is 1.96. The van der Waals surface area contributed by atoms with Crippen LogP contribution in [-0.4, -0.2) is 8.96 Å². The standard InChI is InChI=1S/C7H3BrClIN2S.C2H6/c8-5-3-11-7-4(6(5)9)1-2-12(7)13-10;1-2/h1-3H;1-2H3. The SMILES string of the molecule is CC.Clc1c(Br)cnc2c1ccn2SI. The summed E-state index contributed by atoms with van der Waals surface area (Å²) in [7, 11) is 1.57. The number of hydrogen-bond acceptors (Lipinski definition) is 2. The number of nitrogens with zero attached hydrogens (tertiary/aromatic N) is 2. The van der Waals surface area contributed by atoms with E-state index in [-0.39, 0.29) is 0 Å². The van der Waals surface area contributed by atoms with E-state index in [4.69, 9.17) is 11.6 Å². The molecule has 0 bridgehead atoms. The van der Waals surface area contributed by atoms with Crippen molar-refractivity contribution in [3.63, 3.8) is 0 Å². The quantitative estimate of drug-likeness (QED) is 0.582. The van der Waals surface area contributed by atoms with Gasteiger partial charge in [0.1, 0.15) is 0 Å². The number of fused-ring (bicyclic) bond motifs is 1. The third kappa shape index (κ3) is 2.81. The molecule has 2 rings (SSSR count). The lowest BCUT2D eigenvalue weighted by molar-refractivity contribution is 1.26. The summed E-state index contributed by atoms with van der Waals surface area (Å²) in [5.41, 5.74) is 0.896. The molecule has 0 aliphatic heterocycles. The first-order valence-corrected chi connectivity index (χ1v) is 8.83. The molecule has 0 saturated heterocycles. The average Bonchev–Trinajstić information content (AvgIpc) is 2.70. The monoisotopic (exact) mass is 418 g/mol. The summed E-state index contributed by atoms with van der Waals surface area (Å²) in [5.74, 6) is 0. The van der Waals surface area contributed by atoms with E-state index in [1.54, 1.807) is 15.3 Å². The van der Waals surface area contributed by atoms with E-state index < -0.39 is 0 Å². The molecule has 0 unspecified atom stereocenters. The molecule has 2 heterocycles. The fraction of sp³-hybridized carbons (Fsp3) is 0.222. The maximum absolute atomic E-state index is 6.08. The maximum Gasteiger partial charge on any atom is 0.152 e. The van der Waals surface area contributed by atoms with Crippen molar-refractivity contribution in [2.45, 2.75) is 13.8 Å². The highest BCUT2D eigenvalue weighted by Gasteiger charge is 2.08. The van der Waals surface area contributed by atoms with Crippen LogP contribution in [0.4, 0.5) is 0 Å². The second-order valence-electron chi connectivity index (χ2n) is 2.37. The fourth-order valence-corrected chi connectivity index (χ4v) is 2.85. The Labute approximate surface area is 119 Å². The predicted molar refractivity (Wildman–Crippen MR) is 80.8 cm³/mol. The summed E-state index contributed by atoms with van der Waals surface area (Å²) in [6.07, 6.45) is 3.67. The fourth-order valence-electron chi connectivity index (χ4n) is 1.06. The van der Waals surface area contributed by atoms with Crippen LogP contribution in [0.1, 0.15) is 13.8 Å². The normalized spacial score (nSPS) is 9.93. The minimum atomic E-state index is 0.717. The number of aromatic nitrogens is 2. The highest BCUT2D eigenvalue weighted by Crippen LogP contribution is 2.32. The Morgan fingerprint density at radius 3 is 2.80 bits per heavy atom. The van der Waals surface area contributed by atoms with Crippen molar-refractivity contribution in [3.8, 4) is 0 Å². The number of hydrogen-bond donors (Lipinski definition) is 0. The summed E-state index contributed by atoms with van der Waals surface area (Å²) < 4.78 is 2.80. The van der Waals surface area contributed by atoms with Gasteiger partial charge in [-0.1, -0.05) is 25.4 Å². The molecule has 0 spiro atoms. The maximum atomic E-state index is 6.08. The third-order valence-electron chi connectivity index (χ3n) is 1.65. The minimum Gasteiger partial charge on any atom is -0.266 e. The van der Waals surface area contributed by atoms with Gasteiger partial charge >= 0.3 is 0 Å². The topological polar surface area (TPSA) is 17.8 Å². The van der Waals surface area contributed by atoms with Gasteiger partial charge in [0, 0.05) is 48.1 Å². The van der Waals surface area contributed by atoms with E-state index >= 15 is 0 Å². The number of halogens is 3. The molecule has 0 aromatic carbocycles. The van der Waals surface area contributed by atoms with Crippen LogP contribution in [0.25, 0.3) is 11.0 Å². The minimum absolute atomic E-state index is 0.717. The van der Waals surface area contributed by atoms with Gasteiger partial charge in [0.15, 0.2) is 5.65 Å². The van der Waals surface area contributed by atoms with Gasteiger partial charge in [-0.2, -0.15) is 0 Å². The van der Waals surface area contributed by atoms with Gasteiger partial charge in [0.05, 0.1) is 9.50 Å². The molecule has 2 aromatic rings. The molecule has 2 nitrogen and oxygen atoms in total. The average molecular weight is 420 g/mol. The van der Waals surface area contributed by atoms with Crippen LogP contribution in [0.15, 0.2) is 22.9 Å². The van der Waals surface area contributed by atoms with Crippen molar-refractivity contribution in [3.05, 3.63) is 28.0 Å². The zero-order valence-corrected chi connectivity index (χ0v) is 13.5. The second kappa shape index (κ2) is 6.32. The van der Waals surface area contributed by atoms with Crippen LogP contribution in [0, 0.1) is 0 Å². The van der Waals surface area contributed by atoms with Gasteiger partial charge in [-0.15, -0.1) is 0 Å². The van der Waals surface area contributed by atoms with E-state index in [1.165, 1.54) is 0 Å². The first-order valence-electron chi connectivity index (χ1n) is 4.34. The molecule has 0 N–H and O–H groups in total. The van der Waals surface area contributed by atoms with Crippen molar-refractivity contribution < 1.29 is 0 Å². The molecule has 82 valence electrons. The lowest BCUT2D eigenvalue weighted by Gasteiger charge is -1.99. The van der Waals surface area contributed by atoms with Gasteiger partial charge in [-0.3, -0.25) is 3.97 Å². The summed E-state index contributed by atoms with van der Waals surface area (Å²) >= 11 is 11.6. The zero-order chi connectivity index (χ0) is 11.4. The molecule has 15 heavy (non-hydrogen) atoms. The Bertz CT molecular complexity index is 461. The van der Waals surface area contributed by atoms with Crippen LogP contribution in [-0.2, 0) is 0 Å². The third-order valence-corrected chi connectivity index (χ3v) is 4.60. The molecule has 0 aliphatic rings. The molecule has 2 aromatic heterocycles. The van der Waals surface area contributed by atoms with Crippen LogP contribution < -0.4 is 0 Å². The van der Waals surface area contributed by atoms with Gasteiger partial charge in [0.2, 0.25) is 0 Å². The molecule has 0 amide bonds. The Hall–Kier alpha value is 0.540. The van der Waals surface area contributed by atoms with Crippen LogP contribution in [0.3, 0.4) is 0 Å².